The standard InChI is InChI=1S/C15H19N3/c1-18-10-11(9-17-18)8-13-7-6-12-4-2-3-5-14(12)15(13)16/h2-5,9-10,13,15H,6-8,16H2,1H3. The summed E-state index contributed by atoms with van der Waals surface area (Å²) in [6, 6.07) is 8.73. The molecule has 0 fully saturated rings. The third-order valence-electron chi connectivity index (χ3n) is 3.96. The van der Waals surface area contributed by atoms with E-state index in [0.717, 1.165) is 12.8 Å². The lowest BCUT2D eigenvalue weighted by Gasteiger charge is -2.30. The average Bonchev–Trinajstić information content (AvgIpc) is 2.79. The van der Waals surface area contributed by atoms with E-state index in [9.17, 15) is 0 Å². The van der Waals surface area contributed by atoms with Crippen molar-refractivity contribution < 1.29 is 0 Å². The Hall–Kier alpha value is -1.61. The zero-order valence-corrected chi connectivity index (χ0v) is 10.7. The van der Waals surface area contributed by atoms with Gasteiger partial charge in [0.2, 0.25) is 0 Å². The van der Waals surface area contributed by atoms with Crippen molar-refractivity contribution in [3.63, 3.8) is 0 Å². The van der Waals surface area contributed by atoms with Crippen LogP contribution in [0.3, 0.4) is 0 Å². The molecule has 94 valence electrons. The Morgan fingerprint density at radius 3 is 3.00 bits per heavy atom. The van der Waals surface area contributed by atoms with E-state index in [-0.39, 0.29) is 6.04 Å². The Morgan fingerprint density at radius 1 is 1.39 bits per heavy atom. The smallest absolute Gasteiger partial charge is 0.0521 e. The molecule has 0 saturated heterocycles. The highest BCUT2D eigenvalue weighted by Crippen LogP contribution is 2.34. The van der Waals surface area contributed by atoms with E-state index in [1.54, 1.807) is 0 Å². The molecule has 0 saturated carbocycles. The first-order chi connectivity index (χ1) is 8.74. The highest BCUT2D eigenvalue weighted by atomic mass is 15.2. The number of aryl methyl sites for hydroxylation is 2. The summed E-state index contributed by atoms with van der Waals surface area (Å²) >= 11 is 0. The molecule has 1 aliphatic rings. The number of hydrogen-bond donors (Lipinski definition) is 1. The monoisotopic (exact) mass is 241 g/mol. The summed E-state index contributed by atoms with van der Waals surface area (Å²) in [5, 5.41) is 4.23. The number of hydrogen-bond acceptors (Lipinski definition) is 2. The van der Waals surface area contributed by atoms with Crippen molar-refractivity contribution in [2.45, 2.75) is 25.3 Å². The minimum Gasteiger partial charge on any atom is -0.324 e. The molecule has 2 atom stereocenters. The van der Waals surface area contributed by atoms with Crippen LogP contribution in [0, 0.1) is 5.92 Å². The van der Waals surface area contributed by atoms with Crippen LogP contribution in [0.4, 0.5) is 0 Å². The lowest BCUT2D eigenvalue weighted by Crippen LogP contribution is -2.28. The average molecular weight is 241 g/mol. The predicted octanol–water partition coefficient (Wildman–Crippen LogP) is 2.22. The van der Waals surface area contributed by atoms with E-state index in [0.29, 0.717) is 5.92 Å². The number of nitrogens with two attached hydrogens (primary N) is 1. The second kappa shape index (κ2) is 4.58. The van der Waals surface area contributed by atoms with Crippen molar-refractivity contribution >= 4 is 0 Å². The molecule has 3 nitrogen and oxygen atoms in total. The third kappa shape index (κ3) is 2.06. The van der Waals surface area contributed by atoms with Crippen LogP contribution in [0.15, 0.2) is 36.7 Å². The molecule has 0 spiro atoms. The van der Waals surface area contributed by atoms with Crippen LogP contribution in [0.2, 0.25) is 0 Å². The van der Waals surface area contributed by atoms with Gasteiger partial charge in [-0.2, -0.15) is 5.10 Å². The Morgan fingerprint density at radius 2 is 2.22 bits per heavy atom. The summed E-state index contributed by atoms with van der Waals surface area (Å²) in [6.45, 7) is 0. The first-order valence-corrected chi connectivity index (χ1v) is 6.55. The maximum absolute atomic E-state index is 6.42. The third-order valence-corrected chi connectivity index (χ3v) is 3.96. The van der Waals surface area contributed by atoms with Gasteiger partial charge in [-0.05, 0) is 41.9 Å². The minimum atomic E-state index is 0.162. The second-order valence-corrected chi connectivity index (χ2v) is 5.25. The maximum atomic E-state index is 6.42. The largest absolute Gasteiger partial charge is 0.324 e. The molecule has 1 aliphatic carbocycles. The fraction of sp³-hybridized carbons (Fsp3) is 0.400. The Balaban J connectivity index is 1.80. The van der Waals surface area contributed by atoms with E-state index in [1.807, 2.05) is 17.9 Å². The molecular formula is C15H19N3. The first-order valence-electron chi connectivity index (χ1n) is 6.55. The van der Waals surface area contributed by atoms with Crippen LogP contribution in [0.1, 0.15) is 29.2 Å². The number of aromatic nitrogens is 2. The molecule has 1 aromatic heterocycles. The van der Waals surface area contributed by atoms with E-state index < -0.39 is 0 Å². The van der Waals surface area contributed by atoms with E-state index in [2.05, 4.69) is 35.6 Å². The molecule has 2 unspecified atom stereocenters. The van der Waals surface area contributed by atoms with Crippen molar-refractivity contribution in [2.24, 2.45) is 18.7 Å². The van der Waals surface area contributed by atoms with E-state index >= 15 is 0 Å². The van der Waals surface area contributed by atoms with Crippen molar-refractivity contribution in [3.8, 4) is 0 Å². The van der Waals surface area contributed by atoms with Crippen LogP contribution < -0.4 is 5.73 Å². The zero-order chi connectivity index (χ0) is 12.5. The number of fused-ring (bicyclic) bond motifs is 1. The minimum absolute atomic E-state index is 0.162. The topological polar surface area (TPSA) is 43.8 Å². The van der Waals surface area contributed by atoms with Crippen LogP contribution in [0.25, 0.3) is 0 Å². The molecule has 0 radical (unpaired) electrons. The van der Waals surface area contributed by atoms with Crippen molar-refractivity contribution in [3.05, 3.63) is 53.3 Å². The zero-order valence-electron chi connectivity index (χ0n) is 10.7. The van der Waals surface area contributed by atoms with E-state index in [4.69, 9.17) is 5.73 Å². The van der Waals surface area contributed by atoms with Gasteiger partial charge in [0.15, 0.2) is 0 Å². The van der Waals surface area contributed by atoms with Gasteiger partial charge in [-0.3, -0.25) is 4.68 Å². The number of nitrogens with zero attached hydrogens (tertiary/aromatic N) is 2. The van der Waals surface area contributed by atoms with Crippen LogP contribution >= 0.6 is 0 Å². The lowest BCUT2D eigenvalue weighted by atomic mass is 9.78. The summed E-state index contributed by atoms with van der Waals surface area (Å²) in [5.41, 5.74) is 10.5. The van der Waals surface area contributed by atoms with Crippen molar-refractivity contribution in [2.75, 3.05) is 0 Å². The molecule has 0 bridgehead atoms. The molecule has 2 N–H and O–H groups in total. The van der Waals surface area contributed by atoms with Gasteiger partial charge < -0.3 is 5.73 Å². The number of rotatable bonds is 2. The molecule has 3 heteroatoms. The summed E-state index contributed by atoms with van der Waals surface area (Å²) in [4.78, 5) is 0. The molecule has 18 heavy (non-hydrogen) atoms. The highest BCUT2D eigenvalue weighted by Gasteiger charge is 2.26. The van der Waals surface area contributed by atoms with Gasteiger partial charge in [0.25, 0.3) is 0 Å². The fourth-order valence-corrected chi connectivity index (χ4v) is 2.97. The van der Waals surface area contributed by atoms with Crippen LogP contribution in [-0.2, 0) is 19.9 Å². The molecule has 0 amide bonds. The predicted molar refractivity (Wildman–Crippen MR) is 72.1 cm³/mol. The van der Waals surface area contributed by atoms with Gasteiger partial charge in [-0.1, -0.05) is 24.3 Å². The van der Waals surface area contributed by atoms with E-state index in [1.165, 1.54) is 23.1 Å². The molecular weight excluding hydrogens is 222 g/mol. The van der Waals surface area contributed by atoms with Crippen molar-refractivity contribution in [1.29, 1.82) is 0 Å². The van der Waals surface area contributed by atoms with Crippen LogP contribution in [-0.4, -0.2) is 9.78 Å². The summed E-state index contributed by atoms with van der Waals surface area (Å²) in [7, 11) is 1.96. The molecule has 1 heterocycles. The van der Waals surface area contributed by atoms with Crippen molar-refractivity contribution in [1.82, 2.24) is 9.78 Å². The van der Waals surface area contributed by atoms with Gasteiger partial charge in [-0.25, -0.2) is 0 Å². The summed E-state index contributed by atoms with van der Waals surface area (Å²) < 4.78 is 1.86. The summed E-state index contributed by atoms with van der Waals surface area (Å²) in [5.74, 6) is 0.532. The Labute approximate surface area is 108 Å². The first kappa shape index (κ1) is 11.5. The maximum Gasteiger partial charge on any atom is 0.0521 e. The van der Waals surface area contributed by atoms with Gasteiger partial charge in [0.1, 0.15) is 0 Å². The highest BCUT2D eigenvalue weighted by molar-refractivity contribution is 5.33. The summed E-state index contributed by atoms with van der Waals surface area (Å²) in [6.07, 6.45) is 7.39. The molecule has 0 aliphatic heterocycles. The quantitative estimate of drug-likeness (QED) is 0.876. The molecule has 3 rings (SSSR count). The SMILES string of the molecule is Cn1cc(CC2CCc3ccccc3C2N)cn1. The van der Waals surface area contributed by atoms with Crippen LogP contribution in [0.5, 0.6) is 0 Å². The molecule has 1 aromatic carbocycles. The van der Waals surface area contributed by atoms with Gasteiger partial charge in [0, 0.05) is 19.3 Å². The normalized spacial score (nSPS) is 22.8. The van der Waals surface area contributed by atoms with Gasteiger partial charge in [-0.15, -0.1) is 0 Å². The number of benzene rings is 1. The fourth-order valence-electron chi connectivity index (χ4n) is 2.97. The second-order valence-electron chi connectivity index (χ2n) is 5.25. The molecule has 2 aromatic rings. The van der Waals surface area contributed by atoms with Gasteiger partial charge >= 0.3 is 0 Å². The Kier molecular flexibility index (Phi) is 2.92. The lowest BCUT2D eigenvalue weighted by molar-refractivity contribution is 0.376. The van der Waals surface area contributed by atoms with Gasteiger partial charge in [0.05, 0.1) is 6.20 Å². The Bertz CT molecular complexity index is 544.